The number of benzene rings is 8. The van der Waals surface area contributed by atoms with Crippen molar-refractivity contribution >= 4 is 62.1 Å². The summed E-state index contributed by atoms with van der Waals surface area (Å²) in [7, 11) is 1.53. The van der Waals surface area contributed by atoms with E-state index in [0.717, 1.165) is 84.5 Å². The van der Waals surface area contributed by atoms with Crippen LogP contribution in [0.3, 0.4) is 0 Å². The number of aromatic amines is 1. The Labute approximate surface area is 553 Å². The van der Waals surface area contributed by atoms with Crippen molar-refractivity contribution in [2.24, 2.45) is 28.3 Å². The predicted molar refractivity (Wildman–Crippen MR) is 381 cm³/mol. The molecule has 9 N–H and O–H groups in total. The van der Waals surface area contributed by atoms with Gasteiger partial charge in [0.05, 0.1) is 38.2 Å². The van der Waals surface area contributed by atoms with E-state index < -0.39 is 17.4 Å². The molecule has 10 aromatic rings. The van der Waals surface area contributed by atoms with Gasteiger partial charge in [-0.2, -0.15) is 0 Å². The number of hydrogen-bond donors (Lipinski definition) is 7. The molecule has 8 aromatic carbocycles. The smallest absolute Gasteiger partial charge is 0.204 e. The molecule has 3 aliphatic carbocycles. The molecule has 3 aliphatic heterocycles. The Kier molecular flexibility index (Phi) is 16.6. The number of hydrogen-bond acceptors (Lipinski definition) is 11. The molecule has 1 spiro atoms. The molecular weight excluding hydrogens is 1180 g/mol. The van der Waals surface area contributed by atoms with Crippen LogP contribution < -0.4 is 41.3 Å². The van der Waals surface area contributed by atoms with E-state index >= 15 is 4.79 Å². The van der Waals surface area contributed by atoms with Gasteiger partial charge in [-0.05, 0) is 166 Å². The summed E-state index contributed by atoms with van der Waals surface area (Å²) in [6.07, 6.45) is 15.2. The number of aliphatic hydroxyl groups excluding tert-OH is 2. The lowest BCUT2D eigenvalue weighted by atomic mass is 9.69. The zero-order chi connectivity index (χ0) is 65.0. The third-order valence-electron chi connectivity index (χ3n) is 21.4. The van der Waals surface area contributed by atoms with Gasteiger partial charge in [-0.25, -0.2) is 4.99 Å². The third-order valence-corrected chi connectivity index (χ3v) is 21.4. The number of guanidine groups is 1. The van der Waals surface area contributed by atoms with Crippen LogP contribution in [0.2, 0.25) is 0 Å². The Morgan fingerprint density at radius 1 is 0.853 bits per heavy atom. The van der Waals surface area contributed by atoms with Crippen LogP contribution >= 0.6 is 0 Å². The molecule has 3 fully saturated rings. The van der Waals surface area contributed by atoms with Gasteiger partial charge in [-0.1, -0.05) is 147 Å². The molecule has 484 valence electrons. The van der Waals surface area contributed by atoms with Crippen molar-refractivity contribution in [2.75, 3.05) is 51.5 Å². The summed E-state index contributed by atoms with van der Waals surface area (Å²) >= 11 is 0. The SMILES string of the molecule is COc1c2c(c3oc(-c4ccc(O)cc4)cc(=O)c3c1OCCC(O)C=Cc1ccccc1)CCc1cccc(c1)-c1cc(C3(C)CCCC3)[nH]c1N1CCNCC1C1(CC3C=Cc4ccc5cc6ccccc6cc5c4C3C1)c1ccc(c(N=C(N)N)c1)CC(CO)CO2. The molecule has 5 heterocycles. The molecule has 14 heteroatoms. The lowest BCUT2D eigenvalue weighted by Gasteiger charge is -2.49. The first kappa shape index (κ1) is 61.6. The number of allylic oxidation sites excluding steroid dienone is 1. The Balaban J connectivity index is 0.905. The fourth-order valence-electron chi connectivity index (χ4n) is 16.5. The van der Waals surface area contributed by atoms with Gasteiger partial charge in [-0.15, -0.1) is 0 Å². The van der Waals surface area contributed by atoms with Gasteiger partial charge < -0.3 is 60.6 Å². The third kappa shape index (κ3) is 11.7. The Bertz CT molecular complexity index is 4700. The van der Waals surface area contributed by atoms with E-state index in [1.807, 2.05) is 36.4 Å². The van der Waals surface area contributed by atoms with Crippen LogP contribution in [0.5, 0.6) is 23.0 Å². The van der Waals surface area contributed by atoms with Gasteiger partial charge in [-0.3, -0.25) is 4.79 Å². The number of fused-ring (bicyclic) bond motifs is 13. The maximum Gasteiger partial charge on any atom is 0.204 e. The molecule has 2 saturated carbocycles. The average molecular weight is 1270 g/mol. The van der Waals surface area contributed by atoms with Gasteiger partial charge >= 0.3 is 0 Å². The van der Waals surface area contributed by atoms with Crippen LogP contribution in [-0.4, -0.2) is 85.0 Å². The van der Waals surface area contributed by atoms with Crippen molar-refractivity contribution in [1.29, 1.82) is 0 Å². The first-order valence-electron chi connectivity index (χ1n) is 33.8. The number of H-pyrrole nitrogens is 1. The minimum Gasteiger partial charge on any atom is -0.508 e. The van der Waals surface area contributed by atoms with Crippen LogP contribution in [0.4, 0.5) is 11.5 Å². The lowest BCUT2D eigenvalue weighted by Crippen LogP contribution is -2.60. The highest BCUT2D eigenvalue weighted by Crippen LogP contribution is 2.60. The van der Waals surface area contributed by atoms with Crippen LogP contribution in [0, 0.1) is 11.8 Å². The number of aryl methyl sites for hydroxylation is 2. The minimum atomic E-state index is -0.879. The molecule has 6 aliphatic rings. The Morgan fingerprint density at radius 2 is 1.66 bits per heavy atom. The van der Waals surface area contributed by atoms with E-state index in [0.29, 0.717) is 41.8 Å². The van der Waals surface area contributed by atoms with Gasteiger partial charge in [0.1, 0.15) is 28.3 Å². The number of aliphatic imine (C=N–C) groups is 1. The zero-order valence-corrected chi connectivity index (χ0v) is 54.0. The maximum absolute atomic E-state index is 15.0. The largest absolute Gasteiger partial charge is 0.508 e. The van der Waals surface area contributed by atoms with E-state index in [1.54, 1.807) is 30.3 Å². The lowest BCUT2D eigenvalue weighted by molar-refractivity contribution is 0.157. The molecule has 0 radical (unpaired) electrons. The average Bonchev–Trinajstić information content (AvgIpc) is 1.60. The van der Waals surface area contributed by atoms with E-state index in [4.69, 9.17) is 35.1 Å². The van der Waals surface area contributed by atoms with Crippen LogP contribution in [0.25, 0.3) is 67.1 Å². The molecule has 95 heavy (non-hydrogen) atoms. The monoisotopic (exact) mass is 1270 g/mol. The molecule has 14 nitrogen and oxygen atoms in total. The number of rotatable bonds is 11. The number of nitrogens with two attached hydrogens (primary N) is 2. The topological polar surface area (TPSA) is 214 Å². The Morgan fingerprint density at radius 3 is 2.46 bits per heavy atom. The number of aromatic nitrogens is 1. The number of methoxy groups -OCH3 is 1. The number of nitrogens with zero attached hydrogens (tertiary/aromatic N) is 2. The van der Waals surface area contributed by atoms with Gasteiger partial charge in [0, 0.05) is 77.9 Å². The highest BCUT2D eigenvalue weighted by atomic mass is 16.5. The van der Waals surface area contributed by atoms with E-state index in [1.165, 1.54) is 64.4 Å². The normalized spacial score (nSPS) is 21.0. The first-order chi connectivity index (χ1) is 46.3. The summed E-state index contributed by atoms with van der Waals surface area (Å²) in [6, 6.07) is 53.7. The quantitative estimate of drug-likeness (QED) is 0.0366. The summed E-state index contributed by atoms with van der Waals surface area (Å²) in [5, 5.41) is 42.3. The van der Waals surface area contributed by atoms with Crippen molar-refractivity contribution in [3.05, 3.63) is 225 Å². The van der Waals surface area contributed by atoms with Crippen LogP contribution in [0.1, 0.15) is 102 Å². The summed E-state index contributed by atoms with van der Waals surface area (Å²) in [5.74, 6) is 1.89. The highest BCUT2D eigenvalue weighted by Gasteiger charge is 2.55. The fourth-order valence-corrected chi connectivity index (χ4v) is 16.5. The predicted octanol–water partition coefficient (Wildman–Crippen LogP) is 14.3. The van der Waals surface area contributed by atoms with Gasteiger partial charge in [0.2, 0.25) is 5.75 Å². The second-order valence-corrected chi connectivity index (χ2v) is 27.3. The van der Waals surface area contributed by atoms with E-state index in [9.17, 15) is 15.3 Å². The van der Waals surface area contributed by atoms with Gasteiger partial charge in [0.15, 0.2) is 22.9 Å². The number of phenolic OH excluding ortho intramolecular Hbond substituents is 1. The minimum absolute atomic E-state index is 0.00304. The fraction of sp³-hybridized carbons (Fsp3) is 0.309. The number of aliphatic hydroxyl groups is 2. The van der Waals surface area contributed by atoms with Crippen molar-refractivity contribution in [3.8, 4) is 45.4 Å². The summed E-state index contributed by atoms with van der Waals surface area (Å²) in [6.45, 7) is 4.48. The molecule has 0 amide bonds. The number of nitrogens with one attached hydrogen (secondary N) is 2. The second kappa shape index (κ2) is 25.6. The van der Waals surface area contributed by atoms with E-state index in [-0.39, 0.29) is 94.9 Å². The Hall–Kier alpha value is -9.60. The van der Waals surface area contributed by atoms with Crippen molar-refractivity contribution in [3.63, 3.8) is 0 Å². The molecule has 1 saturated heterocycles. The number of ether oxygens (including phenoxy) is 3. The second-order valence-electron chi connectivity index (χ2n) is 27.3. The molecule has 6 unspecified atom stereocenters. The standard InChI is InChI=1S/C81H82N6O8/c1-80(32-8-9-33-80)70-42-65-56-16-10-13-50(37-56)18-30-63-74-73(68(91)43-69(95-74)52-24-28-61(89)29-25-52)76(93-36-31-62(90)27-17-49-11-4-3-5-12-49)77(92-2)75(63)94-48-51(47-88)38-58-23-26-60(41-67(58)85-79(82)83)81(71-46-84-34-35-87(71)78(65)86-70)44-59-22-20-53-19-21-57-39-54-14-6-7-15-55(54)40-64(57)72(53)66(59)45-81/h3-7,10-17,19-29,37,39-43,51,59,62,66,71,84,86,88-90H,8-9,18,30-36,38,44-48H2,1-2H3,(H4,82,83,85). The summed E-state index contributed by atoms with van der Waals surface area (Å²) < 4.78 is 27.1. The summed E-state index contributed by atoms with van der Waals surface area (Å²) in [4.78, 5) is 26.9. The summed E-state index contributed by atoms with van der Waals surface area (Å²) in [5.41, 5.74) is 24.3. The maximum atomic E-state index is 15.0. The van der Waals surface area contributed by atoms with Gasteiger partial charge in [0.25, 0.3) is 0 Å². The van der Waals surface area contributed by atoms with Crippen molar-refractivity contribution < 1.29 is 33.9 Å². The number of aromatic hydroxyl groups is 1. The van der Waals surface area contributed by atoms with Crippen LogP contribution in [0.15, 0.2) is 184 Å². The molecule has 2 aromatic heterocycles. The molecular formula is C81H82N6O8. The highest BCUT2D eigenvalue weighted by molar-refractivity contribution is 6.01. The molecule has 4 bridgehead atoms. The van der Waals surface area contributed by atoms with E-state index in [2.05, 4.69) is 131 Å². The molecule has 16 rings (SSSR count). The number of anilines is 1. The van der Waals surface area contributed by atoms with Crippen LogP contribution in [-0.2, 0) is 30.1 Å². The zero-order valence-electron chi connectivity index (χ0n) is 54.0. The van der Waals surface area contributed by atoms with Crippen molar-refractivity contribution in [2.45, 2.75) is 100 Å². The molecule has 6 atom stereocenters. The van der Waals surface area contributed by atoms with Crippen molar-refractivity contribution in [1.82, 2.24) is 10.3 Å². The number of phenols is 1. The first-order valence-corrected chi connectivity index (χ1v) is 33.8. The number of piperazine rings is 1.